The summed E-state index contributed by atoms with van der Waals surface area (Å²) in [5, 5.41) is 24.6. The average Bonchev–Trinajstić information content (AvgIpc) is 3.78. The van der Waals surface area contributed by atoms with Gasteiger partial charge in [-0.15, -0.1) is 0 Å². The van der Waals surface area contributed by atoms with E-state index in [1.807, 2.05) is 0 Å². The molecule has 39 heavy (non-hydrogen) atoms. The number of fused-ring (bicyclic) bond motifs is 5. The molecule has 2 fully saturated rings. The molecule has 8 rings (SSSR count). The maximum absolute atomic E-state index is 6.23. The summed E-state index contributed by atoms with van der Waals surface area (Å²) in [4.78, 5) is 0. The molecule has 0 aliphatic carbocycles. The van der Waals surface area contributed by atoms with Gasteiger partial charge in [-0.1, -0.05) is 24.3 Å². The van der Waals surface area contributed by atoms with Crippen molar-refractivity contribution in [1.82, 2.24) is 21.3 Å². The fourth-order valence-electron chi connectivity index (χ4n) is 7.07. The molecule has 8 nitrogen and oxygen atoms in total. The second-order valence-corrected chi connectivity index (χ2v) is 11.6. The van der Waals surface area contributed by atoms with Crippen LogP contribution in [0, 0.1) is 5.92 Å². The Labute approximate surface area is 228 Å². The van der Waals surface area contributed by atoms with Crippen LogP contribution in [0.3, 0.4) is 0 Å². The molecular formula is C31H36N6O2. The fraction of sp³-hybridized carbons (Fsp3) is 0.419. The van der Waals surface area contributed by atoms with Gasteiger partial charge in [-0.05, 0) is 72.5 Å². The summed E-state index contributed by atoms with van der Waals surface area (Å²) in [6.45, 7) is 3.49. The second kappa shape index (κ2) is 9.33. The summed E-state index contributed by atoms with van der Waals surface area (Å²) >= 11 is 0. The van der Waals surface area contributed by atoms with Crippen LogP contribution in [0.15, 0.2) is 54.2 Å². The molecule has 0 spiro atoms. The van der Waals surface area contributed by atoms with E-state index >= 15 is 0 Å². The number of rotatable bonds is 5. The zero-order valence-corrected chi connectivity index (χ0v) is 22.3. The zero-order chi connectivity index (χ0) is 25.9. The van der Waals surface area contributed by atoms with Gasteiger partial charge in [0.1, 0.15) is 24.7 Å². The van der Waals surface area contributed by atoms with Gasteiger partial charge in [-0.3, -0.25) is 0 Å². The maximum atomic E-state index is 6.23. The van der Waals surface area contributed by atoms with Crippen LogP contribution in [-0.2, 0) is 4.74 Å². The van der Waals surface area contributed by atoms with E-state index in [0.29, 0.717) is 24.6 Å². The van der Waals surface area contributed by atoms with E-state index in [-0.39, 0.29) is 12.3 Å². The minimum absolute atomic E-state index is 0.187. The molecule has 2 saturated heterocycles. The molecule has 5 aliphatic heterocycles. The van der Waals surface area contributed by atoms with Gasteiger partial charge in [-0.25, -0.2) is 0 Å². The molecule has 5 aliphatic rings. The second-order valence-electron chi connectivity index (χ2n) is 11.6. The molecule has 5 atom stereocenters. The van der Waals surface area contributed by atoms with Crippen molar-refractivity contribution in [3.05, 3.63) is 59.8 Å². The van der Waals surface area contributed by atoms with Crippen molar-refractivity contribution < 1.29 is 9.47 Å². The van der Waals surface area contributed by atoms with E-state index < -0.39 is 0 Å². The lowest BCUT2D eigenvalue weighted by atomic mass is 9.97. The van der Waals surface area contributed by atoms with Crippen LogP contribution in [0.25, 0.3) is 27.6 Å². The topological polar surface area (TPSA) is 90.6 Å². The maximum Gasteiger partial charge on any atom is 0.130 e. The normalized spacial score (nSPS) is 28.7. The van der Waals surface area contributed by atoms with Crippen molar-refractivity contribution in [3.63, 3.8) is 0 Å². The van der Waals surface area contributed by atoms with E-state index in [1.165, 1.54) is 51.8 Å². The molecule has 5 heterocycles. The first-order chi connectivity index (χ1) is 19.2. The van der Waals surface area contributed by atoms with Crippen molar-refractivity contribution in [3.8, 4) is 16.9 Å². The molecule has 0 bridgehead atoms. The summed E-state index contributed by atoms with van der Waals surface area (Å²) in [5.74, 6) is 1.51. The van der Waals surface area contributed by atoms with Crippen molar-refractivity contribution in [1.29, 1.82) is 0 Å². The lowest BCUT2D eigenvalue weighted by Gasteiger charge is -2.21. The molecule has 0 saturated carbocycles. The molecule has 202 valence electrons. The molecular weight excluding hydrogens is 488 g/mol. The number of benzene rings is 3. The predicted octanol–water partition coefficient (Wildman–Crippen LogP) is 3.63. The van der Waals surface area contributed by atoms with Gasteiger partial charge < -0.3 is 41.4 Å². The van der Waals surface area contributed by atoms with Gasteiger partial charge in [0.05, 0.1) is 29.4 Å². The van der Waals surface area contributed by atoms with Crippen LogP contribution in [0.4, 0.5) is 11.4 Å². The summed E-state index contributed by atoms with van der Waals surface area (Å²) in [7, 11) is 1.79. The molecule has 8 heteroatoms. The zero-order valence-electron chi connectivity index (χ0n) is 22.3. The quantitative estimate of drug-likeness (QED) is 0.302. The molecule has 3 aromatic rings. The van der Waals surface area contributed by atoms with Crippen LogP contribution in [0.5, 0.6) is 5.75 Å². The third kappa shape index (κ3) is 4.01. The highest BCUT2D eigenvalue weighted by molar-refractivity contribution is 6.03. The Hall–Kier alpha value is -3.46. The van der Waals surface area contributed by atoms with Crippen LogP contribution in [-0.4, -0.2) is 57.8 Å². The first-order valence-electron chi connectivity index (χ1n) is 14.3. The molecule has 6 N–H and O–H groups in total. The first-order valence-corrected chi connectivity index (χ1v) is 14.3. The van der Waals surface area contributed by atoms with Gasteiger partial charge in [-0.2, -0.15) is 0 Å². The van der Waals surface area contributed by atoms with Gasteiger partial charge in [0.15, 0.2) is 0 Å². The SMILES string of the molecule is COC[C@@H]1CN[C@H](C2Nc3ccc4cc(-c5ccc6c(c5)OCC5=C6NC([C@@H]6CCCN6)N5)ccc4c3N2)C1. The smallest absolute Gasteiger partial charge is 0.130 e. The van der Waals surface area contributed by atoms with Crippen molar-refractivity contribution in [2.24, 2.45) is 5.92 Å². The number of hydrogen-bond acceptors (Lipinski definition) is 8. The minimum Gasteiger partial charge on any atom is -0.487 e. The van der Waals surface area contributed by atoms with E-state index in [9.17, 15) is 0 Å². The molecule has 2 unspecified atom stereocenters. The lowest BCUT2D eigenvalue weighted by molar-refractivity contribution is 0.159. The fourth-order valence-corrected chi connectivity index (χ4v) is 7.07. The van der Waals surface area contributed by atoms with Crippen molar-refractivity contribution in [2.45, 2.75) is 43.7 Å². The number of anilines is 2. The third-order valence-electron chi connectivity index (χ3n) is 9.08. The lowest BCUT2D eigenvalue weighted by Crippen LogP contribution is -2.48. The molecule has 0 aromatic heterocycles. The molecule has 3 aromatic carbocycles. The third-order valence-corrected chi connectivity index (χ3v) is 9.08. The van der Waals surface area contributed by atoms with E-state index in [2.05, 4.69) is 80.4 Å². The van der Waals surface area contributed by atoms with Gasteiger partial charge in [0.25, 0.3) is 0 Å². The highest BCUT2D eigenvalue weighted by atomic mass is 16.5. The van der Waals surface area contributed by atoms with Crippen molar-refractivity contribution in [2.75, 3.05) is 44.0 Å². The van der Waals surface area contributed by atoms with Crippen LogP contribution in [0.2, 0.25) is 0 Å². The summed E-state index contributed by atoms with van der Waals surface area (Å²) < 4.78 is 11.6. The van der Waals surface area contributed by atoms with E-state index in [1.54, 1.807) is 7.11 Å². The monoisotopic (exact) mass is 524 g/mol. The minimum atomic E-state index is 0.187. The standard InChI is InChI=1S/C31H36N6O2/c1-38-15-17-11-25(33-14-17)31-34-23-9-6-20-12-18(4-7-21(20)28(23)36-31)19-5-8-22-27(13-19)39-16-26-29(22)37-30(35-26)24-3-2-10-32-24/h4-9,12-13,17,24-25,30-37H,2-3,10-11,14-16H2,1H3/t17-,24-,25-,30?,31?/m0/s1. The first kappa shape index (κ1) is 23.4. The Kier molecular flexibility index (Phi) is 5.60. The van der Waals surface area contributed by atoms with Gasteiger partial charge in [0.2, 0.25) is 0 Å². The van der Waals surface area contributed by atoms with E-state index in [0.717, 1.165) is 43.1 Å². The molecule has 0 radical (unpaired) electrons. The Morgan fingerprint density at radius 3 is 2.69 bits per heavy atom. The number of hydrogen-bond donors (Lipinski definition) is 6. The number of nitrogens with one attached hydrogen (secondary N) is 6. The van der Waals surface area contributed by atoms with Crippen molar-refractivity contribution >= 4 is 27.8 Å². The number of methoxy groups -OCH3 is 1. The molecule has 0 amide bonds. The number of ether oxygens (including phenoxy) is 2. The van der Waals surface area contributed by atoms with E-state index in [4.69, 9.17) is 9.47 Å². The van der Waals surface area contributed by atoms with Gasteiger partial charge in [0, 0.05) is 36.7 Å². The van der Waals surface area contributed by atoms with Crippen LogP contribution in [0.1, 0.15) is 24.8 Å². The largest absolute Gasteiger partial charge is 0.487 e. The Bertz CT molecular complexity index is 1460. The van der Waals surface area contributed by atoms with Gasteiger partial charge >= 0.3 is 0 Å². The van der Waals surface area contributed by atoms with Crippen LogP contribution < -0.4 is 36.6 Å². The Balaban J connectivity index is 1.03. The predicted molar refractivity (Wildman–Crippen MR) is 156 cm³/mol. The summed E-state index contributed by atoms with van der Waals surface area (Å²) in [6, 6.07) is 18.6. The summed E-state index contributed by atoms with van der Waals surface area (Å²) in [5.41, 5.74) is 8.22. The van der Waals surface area contributed by atoms with Crippen LogP contribution >= 0.6 is 0 Å². The highest BCUT2D eigenvalue weighted by Gasteiger charge is 2.36. The summed E-state index contributed by atoms with van der Waals surface area (Å²) in [6.07, 6.45) is 3.96. The average molecular weight is 525 g/mol. The highest BCUT2D eigenvalue weighted by Crippen LogP contribution is 2.41. The Morgan fingerprint density at radius 1 is 0.897 bits per heavy atom. The Morgan fingerprint density at radius 2 is 1.79 bits per heavy atom.